The fourth-order valence-electron chi connectivity index (χ4n) is 2.20. The number of ether oxygens (including phenoxy) is 1. The van der Waals surface area contributed by atoms with E-state index in [4.69, 9.17) is 9.15 Å². The van der Waals surface area contributed by atoms with Crippen LogP contribution in [0.4, 0.5) is 4.39 Å². The van der Waals surface area contributed by atoms with E-state index >= 15 is 0 Å². The van der Waals surface area contributed by atoms with Crippen LogP contribution in [-0.2, 0) is 0 Å². The molecule has 1 atom stereocenters. The van der Waals surface area contributed by atoms with Crippen LogP contribution in [0, 0.1) is 5.82 Å². The first-order valence-electron chi connectivity index (χ1n) is 6.29. The van der Waals surface area contributed by atoms with Crippen LogP contribution in [0.5, 0.6) is 5.75 Å². The lowest BCUT2D eigenvalue weighted by Crippen LogP contribution is -1.99. The highest BCUT2D eigenvalue weighted by molar-refractivity contribution is 9.10. The molecule has 0 aliphatic rings. The molecule has 0 saturated carbocycles. The molecule has 2 aromatic carbocycles. The Morgan fingerprint density at radius 1 is 1.24 bits per heavy atom. The number of para-hydroxylation sites is 1. The average Bonchev–Trinajstić information content (AvgIpc) is 2.92. The maximum Gasteiger partial charge on any atom is 0.165 e. The van der Waals surface area contributed by atoms with E-state index < -0.39 is 11.9 Å². The van der Waals surface area contributed by atoms with Crippen LogP contribution in [0.1, 0.15) is 17.4 Å². The third kappa shape index (κ3) is 2.54. The number of rotatable bonds is 3. The zero-order valence-electron chi connectivity index (χ0n) is 11.1. The van der Waals surface area contributed by atoms with Crippen molar-refractivity contribution in [3.05, 3.63) is 64.1 Å². The molecule has 3 rings (SSSR count). The van der Waals surface area contributed by atoms with Gasteiger partial charge in [-0.05, 0) is 45.8 Å². The van der Waals surface area contributed by atoms with Crippen LogP contribution in [-0.4, -0.2) is 12.2 Å². The molecular formula is C16H12BrFO3. The molecular weight excluding hydrogens is 339 g/mol. The van der Waals surface area contributed by atoms with Crippen LogP contribution in [0.3, 0.4) is 0 Å². The summed E-state index contributed by atoms with van der Waals surface area (Å²) in [6, 6.07) is 11.7. The Morgan fingerprint density at radius 3 is 2.71 bits per heavy atom. The Hall–Kier alpha value is -1.85. The summed E-state index contributed by atoms with van der Waals surface area (Å²) in [6.45, 7) is 0. The van der Waals surface area contributed by atoms with Gasteiger partial charge in [0.1, 0.15) is 17.4 Å². The SMILES string of the molecule is COc1ccc(C(O)c2cc3cccc(Br)c3o2)cc1F. The predicted octanol–water partition coefficient (Wildman–Crippen LogP) is 4.42. The monoisotopic (exact) mass is 350 g/mol. The summed E-state index contributed by atoms with van der Waals surface area (Å²) in [4.78, 5) is 0. The molecule has 0 spiro atoms. The molecule has 1 unspecified atom stereocenters. The van der Waals surface area contributed by atoms with Gasteiger partial charge in [0, 0.05) is 5.39 Å². The zero-order valence-corrected chi connectivity index (χ0v) is 12.7. The van der Waals surface area contributed by atoms with E-state index in [1.54, 1.807) is 12.1 Å². The first-order chi connectivity index (χ1) is 10.1. The summed E-state index contributed by atoms with van der Waals surface area (Å²) in [6.07, 6.45) is -1.04. The van der Waals surface area contributed by atoms with Crippen LogP contribution < -0.4 is 4.74 Å². The molecule has 0 bridgehead atoms. The number of aliphatic hydroxyl groups is 1. The van der Waals surface area contributed by atoms with Gasteiger partial charge in [0.05, 0.1) is 11.6 Å². The number of hydrogen-bond donors (Lipinski definition) is 1. The molecule has 21 heavy (non-hydrogen) atoms. The summed E-state index contributed by atoms with van der Waals surface area (Å²) in [5, 5.41) is 11.2. The van der Waals surface area contributed by atoms with Crippen molar-refractivity contribution in [2.45, 2.75) is 6.10 Å². The average molecular weight is 351 g/mol. The lowest BCUT2D eigenvalue weighted by molar-refractivity contribution is 0.191. The molecule has 108 valence electrons. The van der Waals surface area contributed by atoms with Crippen molar-refractivity contribution < 1.29 is 18.7 Å². The van der Waals surface area contributed by atoms with E-state index in [0.717, 1.165) is 9.86 Å². The number of fused-ring (bicyclic) bond motifs is 1. The second-order valence-electron chi connectivity index (χ2n) is 4.60. The van der Waals surface area contributed by atoms with Crippen LogP contribution >= 0.6 is 15.9 Å². The number of halogens is 2. The Bertz CT molecular complexity index is 797. The van der Waals surface area contributed by atoms with Crippen molar-refractivity contribution in [2.75, 3.05) is 7.11 Å². The fourth-order valence-corrected chi connectivity index (χ4v) is 2.66. The highest BCUT2D eigenvalue weighted by Crippen LogP contribution is 2.33. The fraction of sp³-hybridized carbons (Fsp3) is 0.125. The molecule has 5 heteroatoms. The summed E-state index contributed by atoms with van der Waals surface area (Å²) in [7, 11) is 1.39. The smallest absolute Gasteiger partial charge is 0.165 e. The van der Waals surface area contributed by atoms with Gasteiger partial charge in [-0.3, -0.25) is 0 Å². The van der Waals surface area contributed by atoms with Crippen LogP contribution in [0.15, 0.2) is 51.4 Å². The van der Waals surface area contributed by atoms with Gasteiger partial charge in [-0.2, -0.15) is 0 Å². The second-order valence-corrected chi connectivity index (χ2v) is 5.46. The van der Waals surface area contributed by atoms with Crippen LogP contribution in [0.25, 0.3) is 11.0 Å². The summed E-state index contributed by atoms with van der Waals surface area (Å²) in [5.74, 6) is -0.0221. The topological polar surface area (TPSA) is 42.6 Å². The molecule has 1 N–H and O–H groups in total. The molecule has 0 radical (unpaired) electrons. The Kier molecular flexibility index (Phi) is 3.69. The second kappa shape index (κ2) is 5.50. The van der Waals surface area contributed by atoms with Gasteiger partial charge in [0.25, 0.3) is 0 Å². The lowest BCUT2D eigenvalue weighted by Gasteiger charge is -2.09. The molecule has 0 saturated heterocycles. The Morgan fingerprint density at radius 2 is 2.05 bits per heavy atom. The molecule has 3 aromatic rings. The molecule has 0 aliphatic carbocycles. The maximum absolute atomic E-state index is 13.7. The van der Waals surface area contributed by atoms with Gasteiger partial charge < -0.3 is 14.3 Å². The quantitative estimate of drug-likeness (QED) is 0.759. The third-order valence-corrected chi connectivity index (χ3v) is 3.90. The highest BCUT2D eigenvalue weighted by atomic mass is 79.9. The predicted molar refractivity (Wildman–Crippen MR) is 80.9 cm³/mol. The van der Waals surface area contributed by atoms with Gasteiger partial charge in [0.2, 0.25) is 0 Å². The van der Waals surface area contributed by atoms with Gasteiger partial charge >= 0.3 is 0 Å². The normalized spacial score (nSPS) is 12.6. The summed E-state index contributed by atoms with van der Waals surface area (Å²) in [5.41, 5.74) is 1.06. The van der Waals surface area contributed by atoms with Crippen LogP contribution in [0.2, 0.25) is 0 Å². The van der Waals surface area contributed by atoms with E-state index in [0.29, 0.717) is 16.9 Å². The van der Waals surface area contributed by atoms with E-state index in [1.807, 2.05) is 18.2 Å². The minimum absolute atomic E-state index is 0.137. The third-order valence-electron chi connectivity index (χ3n) is 3.28. The summed E-state index contributed by atoms with van der Waals surface area (Å²) < 4.78 is 25.0. The molecule has 1 aromatic heterocycles. The maximum atomic E-state index is 13.7. The van der Waals surface area contributed by atoms with Gasteiger partial charge in [-0.15, -0.1) is 0 Å². The van der Waals surface area contributed by atoms with Crippen molar-refractivity contribution in [2.24, 2.45) is 0 Å². The first kappa shape index (κ1) is 14.1. The van der Waals surface area contributed by atoms with Crippen molar-refractivity contribution >= 4 is 26.9 Å². The van der Waals surface area contributed by atoms with Crippen molar-refractivity contribution in [1.82, 2.24) is 0 Å². The molecule has 0 aliphatic heterocycles. The van der Waals surface area contributed by atoms with E-state index in [9.17, 15) is 9.50 Å². The summed E-state index contributed by atoms with van der Waals surface area (Å²) >= 11 is 3.39. The highest BCUT2D eigenvalue weighted by Gasteiger charge is 2.18. The van der Waals surface area contributed by atoms with Gasteiger partial charge in [-0.25, -0.2) is 4.39 Å². The minimum atomic E-state index is -1.04. The van der Waals surface area contributed by atoms with E-state index in [2.05, 4.69) is 15.9 Å². The number of aliphatic hydroxyl groups excluding tert-OH is 1. The molecule has 3 nitrogen and oxygen atoms in total. The Labute approximate surface area is 129 Å². The Balaban J connectivity index is 2.01. The lowest BCUT2D eigenvalue weighted by atomic mass is 10.1. The number of methoxy groups -OCH3 is 1. The van der Waals surface area contributed by atoms with Crippen molar-refractivity contribution in [3.8, 4) is 5.75 Å². The number of benzene rings is 2. The van der Waals surface area contributed by atoms with Crippen molar-refractivity contribution in [1.29, 1.82) is 0 Å². The molecule has 0 fully saturated rings. The number of furan rings is 1. The zero-order chi connectivity index (χ0) is 15.0. The number of hydrogen-bond acceptors (Lipinski definition) is 3. The van der Waals surface area contributed by atoms with E-state index in [-0.39, 0.29) is 5.75 Å². The van der Waals surface area contributed by atoms with E-state index in [1.165, 1.54) is 19.2 Å². The first-order valence-corrected chi connectivity index (χ1v) is 7.09. The van der Waals surface area contributed by atoms with Gasteiger partial charge in [-0.1, -0.05) is 18.2 Å². The molecule has 0 amide bonds. The largest absolute Gasteiger partial charge is 0.494 e. The standard InChI is InChI=1S/C16H12BrFO3/c1-20-13-6-5-9(7-12(13)18)15(19)14-8-10-3-2-4-11(17)16(10)21-14/h2-8,15,19H,1H3. The minimum Gasteiger partial charge on any atom is -0.494 e. The van der Waals surface area contributed by atoms with Gasteiger partial charge in [0.15, 0.2) is 11.6 Å². The van der Waals surface area contributed by atoms with Crippen molar-refractivity contribution in [3.63, 3.8) is 0 Å². The molecule has 1 heterocycles.